The van der Waals surface area contributed by atoms with Crippen molar-refractivity contribution in [1.29, 1.82) is 0 Å². The number of carbonyl (C=O) groups is 2. The summed E-state index contributed by atoms with van der Waals surface area (Å²) in [7, 11) is -3.79. The monoisotopic (exact) mass is 533 g/mol. The van der Waals surface area contributed by atoms with E-state index in [-0.39, 0.29) is 18.5 Å². The number of amides is 2. The third-order valence-electron chi connectivity index (χ3n) is 6.71. The molecule has 2 amide bonds. The van der Waals surface area contributed by atoms with E-state index in [0.29, 0.717) is 17.1 Å². The minimum Gasteiger partial charge on any atom is -0.352 e. The highest BCUT2D eigenvalue weighted by atomic mass is 35.5. The first-order chi connectivity index (χ1) is 17.1. The second-order valence-corrected chi connectivity index (χ2v) is 11.8. The number of anilines is 1. The summed E-state index contributed by atoms with van der Waals surface area (Å²) in [6.07, 6.45) is 6.67. The maximum atomic E-state index is 13.8. The zero-order chi connectivity index (χ0) is 26.3. The minimum atomic E-state index is -3.79. The zero-order valence-electron chi connectivity index (χ0n) is 21.2. The molecule has 0 bridgehead atoms. The Morgan fingerprint density at radius 1 is 1.08 bits per heavy atom. The molecule has 36 heavy (non-hydrogen) atoms. The van der Waals surface area contributed by atoms with E-state index in [2.05, 4.69) is 5.32 Å². The molecule has 0 spiro atoms. The van der Waals surface area contributed by atoms with Crippen LogP contribution in [0.4, 0.5) is 5.69 Å². The average Bonchev–Trinajstić information content (AvgIpc) is 2.83. The Labute approximate surface area is 219 Å². The molecule has 0 aromatic heterocycles. The van der Waals surface area contributed by atoms with Crippen molar-refractivity contribution in [1.82, 2.24) is 10.2 Å². The van der Waals surface area contributed by atoms with Gasteiger partial charge < -0.3 is 10.2 Å². The summed E-state index contributed by atoms with van der Waals surface area (Å²) >= 11 is 6.10. The summed E-state index contributed by atoms with van der Waals surface area (Å²) in [5.74, 6) is -0.644. The van der Waals surface area contributed by atoms with Gasteiger partial charge in [0.25, 0.3) is 0 Å². The second-order valence-electron chi connectivity index (χ2n) is 9.47. The third kappa shape index (κ3) is 7.46. The zero-order valence-corrected chi connectivity index (χ0v) is 22.8. The van der Waals surface area contributed by atoms with Gasteiger partial charge in [-0.3, -0.25) is 13.9 Å². The highest BCUT2D eigenvalue weighted by molar-refractivity contribution is 7.92. The van der Waals surface area contributed by atoms with Crippen molar-refractivity contribution in [2.24, 2.45) is 0 Å². The van der Waals surface area contributed by atoms with Crippen molar-refractivity contribution < 1.29 is 18.0 Å². The molecule has 0 saturated heterocycles. The largest absolute Gasteiger partial charge is 0.352 e. The van der Waals surface area contributed by atoms with Crippen LogP contribution in [-0.2, 0) is 26.2 Å². The Morgan fingerprint density at radius 3 is 2.39 bits per heavy atom. The van der Waals surface area contributed by atoms with Gasteiger partial charge in [0.1, 0.15) is 12.6 Å². The van der Waals surface area contributed by atoms with Crippen molar-refractivity contribution >= 4 is 39.1 Å². The first-order valence-electron chi connectivity index (χ1n) is 12.5. The molecular formula is C27H36ClN3O4S. The number of hydrogen-bond acceptors (Lipinski definition) is 4. The topological polar surface area (TPSA) is 86.8 Å². The molecule has 0 radical (unpaired) electrons. The van der Waals surface area contributed by atoms with Crippen LogP contribution in [0.5, 0.6) is 0 Å². The van der Waals surface area contributed by atoms with Crippen LogP contribution in [0.25, 0.3) is 0 Å². The molecule has 2 aromatic rings. The van der Waals surface area contributed by atoms with Crippen LogP contribution in [0.1, 0.15) is 56.6 Å². The standard InChI is InChI=1S/C27H36ClN3O4S/c1-4-25(27(33)29-23-14-6-5-7-15-23)30(18-21-12-9-8-11-20(21)2)26(32)19-31(36(3,34)35)24-16-10-13-22(28)17-24/h8-13,16-17,23,25H,4-7,14-15,18-19H2,1-3H3,(H,29,33)/t25-/m0/s1. The number of rotatable bonds is 10. The summed E-state index contributed by atoms with van der Waals surface area (Å²) in [5, 5.41) is 3.51. The normalized spacial score (nSPS) is 15.2. The van der Waals surface area contributed by atoms with E-state index < -0.39 is 28.5 Å². The average molecular weight is 534 g/mol. The number of nitrogens with zero attached hydrogens (tertiary/aromatic N) is 2. The van der Waals surface area contributed by atoms with Gasteiger partial charge in [-0.1, -0.05) is 68.1 Å². The minimum absolute atomic E-state index is 0.106. The number of nitrogens with one attached hydrogen (secondary N) is 1. The molecule has 1 saturated carbocycles. The molecule has 0 aliphatic heterocycles. The molecule has 0 unspecified atom stereocenters. The van der Waals surface area contributed by atoms with Gasteiger partial charge >= 0.3 is 0 Å². The third-order valence-corrected chi connectivity index (χ3v) is 8.09. The van der Waals surface area contributed by atoms with Gasteiger partial charge in [0, 0.05) is 17.6 Å². The van der Waals surface area contributed by atoms with Crippen molar-refractivity contribution in [2.45, 2.75) is 71.0 Å². The Bertz CT molecular complexity index is 1170. The Balaban J connectivity index is 1.92. The van der Waals surface area contributed by atoms with Crippen LogP contribution in [0.15, 0.2) is 48.5 Å². The number of aryl methyl sites for hydroxylation is 1. The van der Waals surface area contributed by atoms with Crippen molar-refractivity contribution in [3.63, 3.8) is 0 Å². The summed E-state index contributed by atoms with van der Waals surface area (Å²) in [5.41, 5.74) is 2.20. The predicted octanol–water partition coefficient (Wildman–Crippen LogP) is 4.67. The highest BCUT2D eigenvalue weighted by Gasteiger charge is 2.33. The number of sulfonamides is 1. The fourth-order valence-corrected chi connectivity index (χ4v) is 5.71. The first kappa shape index (κ1) is 28.0. The van der Waals surface area contributed by atoms with Gasteiger partial charge in [0.2, 0.25) is 21.8 Å². The molecule has 1 aliphatic carbocycles. The lowest BCUT2D eigenvalue weighted by Crippen LogP contribution is -2.54. The number of halogens is 1. The van der Waals surface area contributed by atoms with E-state index in [1.54, 1.807) is 18.2 Å². The maximum Gasteiger partial charge on any atom is 0.244 e. The molecule has 1 aliphatic rings. The summed E-state index contributed by atoms with van der Waals surface area (Å²) in [4.78, 5) is 28.7. The second kappa shape index (κ2) is 12.6. The molecular weight excluding hydrogens is 498 g/mol. The Morgan fingerprint density at radius 2 is 1.78 bits per heavy atom. The molecule has 3 rings (SSSR count). The smallest absolute Gasteiger partial charge is 0.244 e. The SMILES string of the molecule is CC[C@@H](C(=O)NC1CCCCC1)N(Cc1ccccc1C)C(=O)CN(c1cccc(Cl)c1)S(C)(=O)=O. The van der Waals surface area contributed by atoms with Crippen LogP contribution >= 0.6 is 11.6 Å². The van der Waals surface area contributed by atoms with Gasteiger partial charge in [-0.25, -0.2) is 8.42 Å². The quantitative estimate of drug-likeness (QED) is 0.481. The summed E-state index contributed by atoms with van der Waals surface area (Å²) in [6.45, 7) is 3.60. The van der Waals surface area contributed by atoms with Gasteiger partial charge in [0.05, 0.1) is 11.9 Å². The fourth-order valence-electron chi connectivity index (χ4n) is 4.68. The lowest BCUT2D eigenvalue weighted by molar-refractivity contribution is -0.140. The fraction of sp³-hybridized carbons (Fsp3) is 0.481. The van der Waals surface area contributed by atoms with Gasteiger partial charge in [-0.05, 0) is 55.5 Å². The van der Waals surface area contributed by atoms with Gasteiger partial charge in [-0.15, -0.1) is 0 Å². The van der Waals surface area contributed by atoms with Crippen LogP contribution < -0.4 is 9.62 Å². The van der Waals surface area contributed by atoms with E-state index >= 15 is 0 Å². The van der Waals surface area contributed by atoms with Crippen molar-refractivity contribution in [3.05, 3.63) is 64.7 Å². The van der Waals surface area contributed by atoms with Gasteiger partial charge in [0.15, 0.2) is 0 Å². The lowest BCUT2D eigenvalue weighted by Gasteiger charge is -2.34. The van der Waals surface area contributed by atoms with E-state index in [4.69, 9.17) is 11.6 Å². The van der Waals surface area contributed by atoms with Crippen LogP contribution in [0, 0.1) is 6.92 Å². The highest BCUT2D eigenvalue weighted by Crippen LogP contribution is 2.24. The van der Waals surface area contributed by atoms with Crippen LogP contribution in [0.3, 0.4) is 0 Å². The first-order valence-corrected chi connectivity index (χ1v) is 14.7. The maximum absolute atomic E-state index is 13.8. The molecule has 1 atom stereocenters. The number of benzene rings is 2. The van der Waals surface area contributed by atoms with E-state index in [0.717, 1.165) is 47.4 Å². The molecule has 196 valence electrons. The Kier molecular flexibility index (Phi) is 9.79. The van der Waals surface area contributed by atoms with E-state index in [9.17, 15) is 18.0 Å². The lowest BCUT2D eigenvalue weighted by atomic mass is 9.95. The molecule has 7 nitrogen and oxygen atoms in total. The van der Waals surface area contributed by atoms with Crippen LogP contribution in [-0.4, -0.2) is 50.0 Å². The Hall–Kier alpha value is -2.58. The summed E-state index contributed by atoms with van der Waals surface area (Å²) < 4.78 is 26.4. The molecule has 9 heteroatoms. The molecule has 1 fully saturated rings. The molecule has 1 N–H and O–H groups in total. The van der Waals surface area contributed by atoms with Crippen molar-refractivity contribution in [3.8, 4) is 0 Å². The van der Waals surface area contributed by atoms with Gasteiger partial charge in [-0.2, -0.15) is 0 Å². The van der Waals surface area contributed by atoms with Crippen LogP contribution in [0.2, 0.25) is 5.02 Å². The molecule has 2 aromatic carbocycles. The predicted molar refractivity (Wildman–Crippen MR) is 144 cm³/mol. The number of carbonyl (C=O) groups excluding carboxylic acids is 2. The molecule has 0 heterocycles. The number of hydrogen-bond donors (Lipinski definition) is 1. The van der Waals surface area contributed by atoms with E-state index in [1.165, 1.54) is 17.4 Å². The van der Waals surface area contributed by atoms with E-state index in [1.807, 2.05) is 38.1 Å². The van der Waals surface area contributed by atoms with Crippen molar-refractivity contribution in [2.75, 3.05) is 17.1 Å². The summed E-state index contributed by atoms with van der Waals surface area (Å²) in [6, 6.07) is 13.5.